The number of anilines is 1. The van der Waals surface area contributed by atoms with E-state index in [2.05, 4.69) is 20.4 Å². The first kappa shape index (κ1) is 15.3. The van der Waals surface area contributed by atoms with Gasteiger partial charge >= 0.3 is 0 Å². The van der Waals surface area contributed by atoms with E-state index in [-0.39, 0.29) is 5.69 Å². The van der Waals surface area contributed by atoms with Crippen LogP contribution in [0.25, 0.3) is 11.3 Å². The molecule has 3 rings (SSSR count). The molecule has 2 aromatic carbocycles. The van der Waals surface area contributed by atoms with Crippen molar-refractivity contribution in [2.45, 2.75) is 0 Å². The molecule has 6 nitrogen and oxygen atoms in total. The summed E-state index contributed by atoms with van der Waals surface area (Å²) in [4.78, 5) is 11.9. The van der Waals surface area contributed by atoms with Crippen LogP contribution in [0.15, 0.2) is 57.5 Å². The van der Waals surface area contributed by atoms with Gasteiger partial charge in [0.15, 0.2) is 5.69 Å². The summed E-state index contributed by atoms with van der Waals surface area (Å²) in [5.74, 6) is 0. The van der Waals surface area contributed by atoms with Gasteiger partial charge in [-0.2, -0.15) is 0 Å². The van der Waals surface area contributed by atoms with Gasteiger partial charge < -0.3 is 5.73 Å². The van der Waals surface area contributed by atoms with Crippen LogP contribution in [0.1, 0.15) is 0 Å². The Morgan fingerprint density at radius 2 is 1.83 bits per heavy atom. The molecule has 0 atom stereocenters. The van der Waals surface area contributed by atoms with Crippen molar-refractivity contribution >= 4 is 40.3 Å². The minimum Gasteiger partial charge on any atom is -0.399 e. The van der Waals surface area contributed by atoms with Crippen LogP contribution in [0.5, 0.6) is 0 Å². The lowest BCUT2D eigenvalue weighted by Gasteiger charge is -2.00. The second kappa shape index (κ2) is 6.28. The van der Waals surface area contributed by atoms with Crippen LogP contribution in [0.4, 0.5) is 17.1 Å². The maximum absolute atomic E-state index is 11.9. The monoisotopic (exact) mass is 347 g/mol. The molecule has 0 aliphatic rings. The van der Waals surface area contributed by atoms with Crippen molar-refractivity contribution in [2.75, 3.05) is 5.73 Å². The number of nitrogen functional groups attached to an aromatic ring is 1. The largest absolute Gasteiger partial charge is 0.399 e. The molecule has 4 N–H and O–H groups in total. The standard InChI is InChI=1S/C15H11Cl2N5O/c16-9-4-5-11(17)12(7-9)19-21-14-13(20-22-15(14)23)8-2-1-3-10(18)6-8/h1-7H,18H2,(H2,20,22,23). The SMILES string of the molecule is Nc1cccc(-c2[nH][nH]c(=O)c2N=Nc2cc(Cl)ccc2Cl)c1. The fraction of sp³-hybridized carbons (Fsp3) is 0. The summed E-state index contributed by atoms with van der Waals surface area (Å²) in [5, 5.41) is 14.1. The number of azo groups is 1. The molecule has 116 valence electrons. The van der Waals surface area contributed by atoms with E-state index in [1.54, 1.807) is 42.5 Å². The Morgan fingerprint density at radius 1 is 1.00 bits per heavy atom. The molecule has 8 heteroatoms. The lowest BCUT2D eigenvalue weighted by Crippen LogP contribution is -1.96. The van der Waals surface area contributed by atoms with E-state index in [0.29, 0.717) is 27.1 Å². The molecule has 0 unspecified atom stereocenters. The Balaban J connectivity index is 2.04. The number of aromatic amines is 2. The fourth-order valence-corrected chi connectivity index (χ4v) is 2.34. The van der Waals surface area contributed by atoms with E-state index >= 15 is 0 Å². The van der Waals surface area contributed by atoms with Gasteiger partial charge in [-0.05, 0) is 30.3 Å². The molecule has 0 amide bonds. The minimum absolute atomic E-state index is 0.131. The molecule has 0 saturated heterocycles. The van der Waals surface area contributed by atoms with Crippen LogP contribution in [0, 0.1) is 0 Å². The van der Waals surface area contributed by atoms with Crippen LogP contribution in [0.2, 0.25) is 10.0 Å². The summed E-state index contributed by atoms with van der Waals surface area (Å²) in [5.41, 5.74) is 7.65. The van der Waals surface area contributed by atoms with E-state index in [1.165, 1.54) is 0 Å². The summed E-state index contributed by atoms with van der Waals surface area (Å²) in [6, 6.07) is 11.9. The number of H-pyrrole nitrogens is 2. The van der Waals surface area contributed by atoms with Crippen molar-refractivity contribution in [1.29, 1.82) is 0 Å². The molecular weight excluding hydrogens is 337 g/mol. The number of nitrogens with zero attached hydrogens (tertiary/aromatic N) is 2. The zero-order valence-corrected chi connectivity index (χ0v) is 13.2. The minimum atomic E-state index is -0.399. The second-order valence-corrected chi connectivity index (χ2v) is 5.57. The molecule has 0 radical (unpaired) electrons. The Morgan fingerprint density at radius 3 is 2.61 bits per heavy atom. The number of nitrogens with one attached hydrogen (secondary N) is 2. The van der Waals surface area contributed by atoms with E-state index in [9.17, 15) is 4.79 Å². The average molecular weight is 348 g/mol. The van der Waals surface area contributed by atoms with Gasteiger partial charge in [0.05, 0.1) is 10.7 Å². The van der Waals surface area contributed by atoms with Crippen LogP contribution in [0.3, 0.4) is 0 Å². The number of nitrogens with two attached hydrogens (primary N) is 1. The Hall–Kier alpha value is -2.57. The molecular formula is C15H11Cl2N5O. The van der Waals surface area contributed by atoms with Crippen molar-refractivity contribution in [2.24, 2.45) is 10.2 Å². The summed E-state index contributed by atoms with van der Waals surface area (Å²) >= 11 is 11.9. The molecule has 1 aromatic heterocycles. The fourth-order valence-electron chi connectivity index (χ4n) is 2.02. The van der Waals surface area contributed by atoms with Gasteiger partial charge in [0.2, 0.25) is 0 Å². The smallest absolute Gasteiger partial charge is 0.292 e. The molecule has 0 bridgehead atoms. The van der Waals surface area contributed by atoms with Crippen LogP contribution >= 0.6 is 23.2 Å². The van der Waals surface area contributed by atoms with E-state index < -0.39 is 5.56 Å². The first-order valence-electron chi connectivity index (χ1n) is 6.58. The third-order valence-electron chi connectivity index (χ3n) is 3.09. The lowest BCUT2D eigenvalue weighted by atomic mass is 10.1. The van der Waals surface area contributed by atoms with E-state index in [1.807, 2.05) is 0 Å². The van der Waals surface area contributed by atoms with Gasteiger partial charge in [-0.3, -0.25) is 15.0 Å². The molecule has 0 aliphatic heterocycles. The summed E-state index contributed by atoms with van der Waals surface area (Å²) in [6.07, 6.45) is 0. The molecule has 0 aliphatic carbocycles. The normalized spacial score (nSPS) is 11.2. The Kier molecular flexibility index (Phi) is 4.18. The number of rotatable bonds is 3. The van der Waals surface area contributed by atoms with Gasteiger partial charge in [0, 0.05) is 16.3 Å². The highest BCUT2D eigenvalue weighted by Gasteiger charge is 2.12. The lowest BCUT2D eigenvalue weighted by molar-refractivity contribution is 1.06. The predicted octanol–water partition coefficient (Wildman–Crippen LogP) is 4.67. The molecule has 3 aromatic rings. The Bertz CT molecular complexity index is 945. The quantitative estimate of drug-likeness (QED) is 0.473. The molecule has 0 saturated carbocycles. The van der Waals surface area contributed by atoms with Crippen LogP contribution in [-0.2, 0) is 0 Å². The zero-order chi connectivity index (χ0) is 16.4. The van der Waals surface area contributed by atoms with Crippen molar-refractivity contribution in [3.05, 3.63) is 62.9 Å². The second-order valence-electron chi connectivity index (χ2n) is 4.72. The number of aromatic nitrogens is 2. The van der Waals surface area contributed by atoms with Gasteiger partial charge in [0.25, 0.3) is 5.56 Å². The van der Waals surface area contributed by atoms with Gasteiger partial charge in [-0.1, -0.05) is 35.3 Å². The summed E-state index contributed by atoms with van der Waals surface area (Å²) in [6.45, 7) is 0. The first-order valence-corrected chi connectivity index (χ1v) is 7.33. The van der Waals surface area contributed by atoms with Crippen molar-refractivity contribution in [1.82, 2.24) is 10.2 Å². The highest BCUT2D eigenvalue weighted by atomic mass is 35.5. The van der Waals surface area contributed by atoms with E-state index in [4.69, 9.17) is 28.9 Å². The Labute approximate surface area is 140 Å². The first-order chi connectivity index (χ1) is 11.0. The van der Waals surface area contributed by atoms with Crippen molar-refractivity contribution < 1.29 is 0 Å². The third kappa shape index (κ3) is 3.28. The van der Waals surface area contributed by atoms with Crippen molar-refractivity contribution in [3.63, 3.8) is 0 Å². The highest BCUT2D eigenvalue weighted by molar-refractivity contribution is 6.35. The maximum atomic E-state index is 11.9. The molecule has 0 fully saturated rings. The maximum Gasteiger partial charge on any atom is 0.292 e. The highest BCUT2D eigenvalue weighted by Crippen LogP contribution is 2.31. The van der Waals surface area contributed by atoms with E-state index in [0.717, 1.165) is 5.56 Å². The van der Waals surface area contributed by atoms with Gasteiger partial charge in [-0.15, -0.1) is 10.2 Å². The summed E-state index contributed by atoms with van der Waals surface area (Å²) in [7, 11) is 0. The van der Waals surface area contributed by atoms with Crippen LogP contribution < -0.4 is 11.3 Å². The molecule has 23 heavy (non-hydrogen) atoms. The predicted molar refractivity (Wildman–Crippen MR) is 91.9 cm³/mol. The number of benzene rings is 2. The number of halogens is 2. The average Bonchev–Trinajstić information content (AvgIpc) is 2.89. The van der Waals surface area contributed by atoms with Crippen LogP contribution in [-0.4, -0.2) is 10.2 Å². The zero-order valence-electron chi connectivity index (χ0n) is 11.7. The topological polar surface area (TPSA) is 99.4 Å². The molecule has 1 heterocycles. The number of hydrogen-bond acceptors (Lipinski definition) is 4. The van der Waals surface area contributed by atoms with Gasteiger partial charge in [-0.25, -0.2) is 0 Å². The van der Waals surface area contributed by atoms with Gasteiger partial charge in [0.1, 0.15) is 5.69 Å². The number of hydrogen-bond donors (Lipinski definition) is 3. The third-order valence-corrected chi connectivity index (χ3v) is 3.65. The molecule has 0 spiro atoms. The van der Waals surface area contributed by atoms with Crippen molar-refractivity contribution in [3.8, 4) is 11.3 Å². The summed E-state index contributed by atoms with van der Waals surface area (Å²) < 4.78 is 0.